The third kappa shape index (κ3) is 8.39. The monoisotopic (exact) mass is 880 g/mol. The van der Waals surface area contributed by atoms with Crippen LogP contribution in [0, 0.1) is 0 Å². The van der Waals surface area contributed by atoms with Gasteiger partial charge < -0.3 is 9.80 Å². The molecule has 0 spiro atoms. The molecule has 0 unspecified atom stereocenters. The molecule has 66 heavy (non-hydrogen) atoms. The lowest BCUT2D eigenvalue weighted by atomic mass is 9.88. The number of anilines is 6. The number of benzene rings is 9. The van der Waals surface area contributed by atoms with E-state index >= 15 is 0 Å². The van der Waals surface area contributed by atoms with Crippen molar-refractivity contribution in [1.29, 1.82) is 0 Å². The maximum atomic E-state index is 2.38. The third-order valence-electron chi connectivity index (χ3n) is 12.0. The first-order valence-corrected chi connectivity index (χ1v) is 24.0. The molecule has 2 heterocycles. The highest BCUT2D eigenvalue weighted by molar-refractivity contribution is 7.14. The van der Waals surface area contributed by atoms with Gasteiger partial charge in [0.05, 0.1) is 0 Å². The van der Waals surface area contributed by atoms with E-state index in [0.29, 0.717) is 0 Å². The first-order chi connectivity index (χ1) is 32.7. The summed E-state index contributed by atoms with van der Waals surface area (Å²) < 4.78 is 0. The average Bonchev–Trinajstić information content (AvgIpc) is 4.13. The summed E-state index contributed by atoms with van der Waals surface area (Å²) in [6.45, 7) is 0. The van der Waals surface area contributed by atoms with Gasteiger partial charge >= 0.3 is 0 Å². The van der Waals surface area contributed by atoms with Crippen molar-refractivity contribution >= 4 is 103 Å². The Morgan fingerprint density at radius 3 is 0.879 bits per heavy atom. The third-order valence-corrected chi connectivity index (χ3v) is 13.8. The van der Waals surface area contributed by atoms with Gasteiger partial charge in [0.25, 0.3) is 0 Å². The van der Waals surface area contributed by atoms with E-state index in [0.717, 1.165) is 56.4 Å². The van der Waals surface area contributed by atoms with Gasteiger partial charge in [0.2, 0.25) is 0 Å². The molecule has 0 atom stereocenters. The normalized spacial score (nSPS) is 11.5. The summed E-state index contributed by atoms with van der Waals surface area (Å²) in [5, 5.41) is 9.38. The van der Waals surface area contributed by atoms with Gasteiger partial charge in [0.1, 0.15) is 0 Å². The van der Waals surface area contributed by atoms with Crippen LogP contribution >= 0.6 is 22.7 Å². The summed E-state index contributed by atoms with van der Waals surface area (Å²) in [6, 6.07) is 82.7. The summed E-state index contributed by atoms with van der Waals surface area (Å²) in [5.41, 5.74) is 13.9. The molecule has 0 aliphatic heterocycles. The second kappa shape index (κ2) is 18.6. The smallest absolute Gasteiger partial charge is 0.0462 e. The van der Waals surface area contributed by atoms with E-state index in [9.17, 15) is 0 Å². The Morgan fingerprint density at radius 2 is 0.561 bits per heavy atom. The number of hydrogen-bond donors (Lipinski definition) is 0. The number of thiophene rings is 2. The van der Waals surface area contributed by atoms with Gasteiger partial charge in [-0.25, -0.2) is 0 Å². The molecular formula is C62H44N2S2. The van der Waals surface area contributed by atoms with E-state index in [1.165, 1.54) is 42.4 Å². The lowest BCUT2D eigenvalue weighted by Crippen LogP contribution is -2.09. The molecule has 2 nitrogen and oxygen atoms in total. The van der Waals surface area contributed by atoms with Gasteiger partial charge in [-0.3, -0.25) is 0 Å². The molecule has 2 aromatic heterocycles. The Balaban J connectivity index is 0.956. The molecule has 0 saturated carbocycles. The Morgan fingerprint density at radius 1 is 0.258 bits per heavy atom. The summed E-state index contributed by atoms with van der Waals surface area (Å²) in [7, 11) is 0. The van der Waals surface area contributed by atoms with Gasteiger partial charge in [0.15, 0.2) is 0 Å². The van der Waals surface area contributed by atoms with Crippen molar-refractivity contribution < 1.29 is 0 Å². The Kier molecular flexibility index (Phi) is 11.5. The predicted molar refractivity (Wildman–Crippen MR) is 288 cm³/mol. The zero-order valence-corrected chi connectivity index (χ0v) is 37.7. The molecule has 0 amide bonds. The van der Waals surface area contributed by atoms with Crippen molar-refractivity contribution in [3.63, 3.8) is 0 Å². The van der Waals surface area contributed by atoms with Crippen LogP contribution in [-0.4, -0.2) is 0 Å². The molecule has 314 valence electrons. The zero-order chi connectivity index (χ0) is 44.1. The molecule has 0 fully saturated rings. The molecule has 9 aromatic carbocycles. The maximum Gasteiger partial charge on any atom is 0.0462 e. The van der Waals surface area contributed by atoms with Crippen LogP contribution in [0.3, 0.4) is 0 Å². The molecule has 11 rings (SSSR count). The molecule has 0 aliphatic carbocycles. The number of rotatable bonds is 12. The van der Waals surface area contributed by atoms with Crippen LogP contribution in [0.5, 0.6) is 0 Å². The van der Waals surface area contributed by atoms with Crippen molar-refractivity contribution in [1.82, 2.24) is 0 Å². The largest absolute Gasteiger partial charge is 0.311 e. The minimum atomic E-state index is 1.11. The Bertz CT molecular complexity index is 3100. The average molecular weight is 881 g/mol. The molecule has 4 heteroatoms. The van der Waals surface area contributed by atoms with Gasteiger partial charge in [-0.2, -0.15) is 0 Å². The first kappa shape index (κ1) is 40.7. The van der Waals surface area contributed by atoms with Crippen molar-refractivity contribution in [3.8, 4) is 20.9 Å². The van der Waals surface area contributed by atoms with E-state index in [4.69, 9.17) is 0 Å². The molecular weight excluding hydrogens is 837 g/mol. The lowest BCUT2D eigenvalue weighted by Gasteiger charge is -2.25. The van der Waals surface area contributed by atoms with Crippen LogP contribution in [0.4, 0.5) is 34.1 Å². The molecule has 0 aliphatic rings. The number of fused-ring (bicyclic) bond motifs is 3. The highest BCUT2D eigenvalue weighted by Crippen LogP contribution is 2.47. The summed E-state index contributed by atoms with van der Waals surface area (Å²) in [6.07, 6.45) is 8.94. The molecule has 11 aromatic rings. The van der Waals surface area contributed by atoms with E-state index in [-0.39, 0.29) is 0 Å². The van der Waals surface area contributed by atoms with Crippen LogP contribution in [0.2, 0.25) is 0 Å². The van der Waals surface area contributed by atoms with Crippen LogP contribution in [0.25, 0.3) is 66.7 Å². The minimum absolute atomic E-state index is 1.11. The number of nitrogens with zero attached hydrogens (tertiary/aromatic N) is 2. The van der Waals surface area contributed by atoms with Crippen molar-refractivity contribution in [3.05, 3.63) is 264 Å². The summed E-state index contributed by atoms with van der Waals surface area (Å²) in [4.78, 5) is 7.14. The van der Waals surface area contributed by atoms with E-state index < -0.39 is 0 Å². The highest BCUT2D eigenvalue weighted by atomic mass is 32.1. The molecule has 0 N–H and O–H groups in total. The van der Waals surface area contributed by atoms with Gasteiger partial charge in [-0.15, -0.1) is 22.7 Å². The van der Waals surface area contributed by atoms with Crippen LogP contribution < -0.4 is 9.80 Å². The SMILES string of the molecule is C(=C\c1ccc2c(-c3cccs3)c(-c3cccs3)c3ccc(/C=C/c4ccc(N(c5ccccc5)c5ccccc5)cc4)cc3c2c1)/c1ccc(N(c2ccccc2)c2ccccc2)cc1. The highest BCUT2D eigenvalue weighted by Gasteiger charge is 2.20. The Hall–Kier alpha value is -8.02. The van der Waals surface area contributed by atoms with E-state index in [2.05, 4.69) is 275 Å². The topological polar surface area (TPSA) is 6.48 Å². The second-order valence-electron chi connectivity index (χ2n) is 16.2. The van der Waals surface area contributed by atoms with Crippen molar-refractivity contribution in [2.45, 2.75) is 0 Å². The van der Waals surface area contributed by atoms with Gasteiger partial charge in [0, 0.05) is 55.0 Å². The van der Waals surface area contributed by atoms with Crippen LogP contribution in [0.15, 0.2) is 241 Å². The number of hydrogen-bond acceptors (Lipinski definition) is 4. The second-order valence-corrected chi connectivity index (χ2v) is 18.1. The zero-order valence-electron chi connectivity index (χ0n) is 36.1. The van der Waals surface area contributed by atoms with E-state index in [1.807, 2.05) is 0 Å². The fourth-order valence-corrected chi connectivity index (χ4v) is 10.5. The van der Waals surface area contributed by atoms with Gasteiger partial charge in [-0.1, -0.05) is 158 Å². The standard InChI is InChI=1S/C62H44N2S2/c1-5-15-49(16-6-1)63(50-17-7-2-8-18-50)53-35-29-45(30-36-53)25-27-47-33-39-55-57(43-47)58-44-48(34-40-56(58)62(60-24-14-42-66-60)61(55)59-23-13-41-65-59)28-26-46-31-37-54(38-32-46)64(51-19-9-3-10-20-51)52-21-11-4-12-22-52/h1-44H/b27-25+,28-26+. The number of para-hydroxylation sites is 4. The first-order valence-electron chi connectivity index (χ1n) is 22.2. The predicted octanol–water partition coefficient (Wildman–Crippen LogP) is 18.7. The summed E-state index contributed by atoms with van der Waals surface area (Å²) >= 11 is 3.61. The quantitative estimate of drug-likeness (QED) is 0.0891. The van der Waals surface area contributed by atoms with Crippen LogP contribution in [-0.2, 0) is 0 Å². The fraction of sp³-hybridized carbons (Fsp3) is 0. The molecule has 0 saturated heterocycles. The summed E-state index contributed by atoms with van der Waals surface area (Å²) in [5.74, 6) is 0. The van der Waals surface area contributed by atoms with Crippen molar-refractivity contribution in [2.24, 2.45) is 0 Å². The minimum Gasteiger partial charge on any atom is -0.311 e. The maximum absolute atomic E-state index is 2.38. The van der Waals surface area contributed by atoms with Gasteiger partial charge in [-0.05, 0) is 152 Å². The molecule has 0 radical (unpaired) electrons. The lowest BCUT2D eigenvalue weighted by molar-refractivity contribution is 1.28. The molecule has 0 bridgehead atoms. The fourth-order valence-electron chi connectivity index (χ4n) is 8.89. The van der Waals surface area contributed by atoms with Crippen LogP contribution in [0.1, 0.15) is 22.3 Å². The van der Waals surface area contributed by atoms with E-state index in [1.54, 1.807) is 22.7 Å². The van der Waals surface area contributed by atoms with Crippen molar-refractivity contribution in [2.75, 3.05) is 9.80 Å². The Labute approximate surface area is 394 Å².